The van der Waals surface area contributed by atoms with Gasteiger partial charge in [-0.3, -0.25) is 24.2 Å². The number of Topliss-reactive ketones (excluding diaryl/α,β-unsaturated/α-hetero) is 2. The Morgan fingerprint density at radius 3 is 1.34 bits per heavy atom. The molecular formula is C44H43Cl2F7N6O5. The van der Waals surface area contributed by atoms with Crippen molar-refractivity contribution in [3.05, 3.63) is 128 Å². The second kappa shape index (κ2) is 22.3. The van der Waals surface area contributed by atoms with Crippen molar-refractivity contribution in [2.75, 3.05) is 49.1 Å². The first-order valence-corrected chi connectivity index (χ1v) is 20.8. The standard InChI is InChI=1S/C23H21ClF5N3O3.C21H22ClF2N3O2/c24-17-11-16(6-7-18(17)25)32(22(35)31-8-2-1-3-9-31)13-15-5-4-14(10-19(15)26)20(33)12-30-21(34)23(27,28)29;22-17-11-16(6-7-18(17)23)27(21(29)26-8-2-1-3-9-26)13-15-5-4-14(10-19(15)24)20(28)12-25/h4-7,10-11H,1-3,8-9,12-13H2,(H,30,34);4-7,10-11H,1-3,8-9,12-13,25H2. The number of likely N-dealkylation sites (tertiary alicyclic amines) is 2. The Morgan fingerprint density at radius 2 is 0.984 bits per heavy atom. The van der Waals surface area contributed by atoms with Crippen molar-refractivity contribution < 1.29 is 54.7 Å². The number of alkyl halides is 3. The highest BCUT2D eigenvalue weighted by Gasteiger charge is 2.38. The lowest BCUT2D eigenvalue weighted by Gasteiger charge is -2.33. The highest BCUT2D eigenvalue weighted by Crippen LogP contribution is 2.29. The van der Waals surface area contributed by atoms with E-state index in [1.54, 1.807) is 9.80 Å². The molecule has 0 atom stereocenters. The zero-order chi connectivity index (χ0) is 46.7. The van der Waals surface area contributed by atoms with Crippen LogP contribution in [0.3, 0.4) is 0 Å². The molecule has 11 nitrogen and oxygen atoms in total. The molecule has 0 aromatic heterocycles. The number of benzene rings is 4. The molecule has 2 fully saturated rings. The number of amides is 5. The number of carbonyl (C=O) groups excluding carboxylic acids is 5. The first-order chi connectivity index (χ1) is 30.4. The molecule has 2 aliphatic rings. The zero-order valence-electron chi connectivity index (χ0n) is 34.1. The zero-order valence-corrected chi connectivity index (χ0v) is 35.6. The monoisotopic (exact) mass is 938 g/mol. The van der Waals surface area contributed by atoms with Crippen LogP contribution in [0, 0.1) is 23.3 Å². The van der Waals surface area contributed by atoms with Crippen LogP contribution < -0.4 is 20.9 Å². The summed E-state index contributed by atoms with van der Waals surface area (Å²) < 4.78 is 93.6. The number of anilines is 2. The second-order valence-electron chi connectivity index (χ2n) is 14.9. The Morgan fingerprint density at radius 1 is 0.578 bits per heavy atom. The van der Waals surface area contributed by atoms with Crippen molar-refractivity contribution in [1.82, 2.24) is 15.1 Å². The van der Waals surface area contributed by atoms with Crippen molar-refractivity contribution in [3.8, 4) is 0 Å². The number of carbonyl (C=O) groups is 5. The minimum absolute atomic E-state index is 0.00619. The first-order valence-electron chi connectivity index (χ1n) is 20.1. The number of nitrogens with zero attached hydrogens (tertiary/aromatic N) is 4. The van der Waals surface area contributed by atoms with Crippen LogP contribution in [-0.2, 0) is 17.9 Å². The summed E-state index contributed by atoms with van der Waals surface area (Å²) in [5, 5.41) is 1.09. The van der Waals surface area contributed by atoms with Gasteiger partial charge >= 0.3 is 24.1 Å². The average Bonchev–Trinajstić information content (AvgIpc) is 3.29. The van der Waals surface area contributed by atoms with E-state index in [9.17, 15) is 54.7 Å². The van der Waals surface area contributed by atoms with E-state index in [1.165, 1.54) is 69.7 Å². The Kier molecular flexibility index (Phi) is 17.1. The number of hydrogen-bond donors (Lipinski definition) is 2. The lowest BCUT2D eigenvalue weighted by molar-refractivity contribution is -0.173. The number of halogens is 9. The Balaban J connectivity index is 0.000000245. The number of nitrogens with one attached hydrogen (secondary N) is 1. The third kappa shape index (κ3) is 12.9. The molecule has 342 valence electrons. The van der Waals surface area contributed by atoms with Crippen LogP contribution in [0.15, 0.2) is 72.8 Å². The third-order valence-corrected chi connectivity index (χ3v) is 11.0. The molecule has 20 heteroatoms. The van der Waals surface area contributed by atoms with Gasteiger partial charge in [-0.2, -0.15) is 13.2 Å². The van der Waals surface area contributed by atoms with Crippen molar-refractivity contribution in [2.24, 2.45) is 5.73 Å². The highest BCUT2D eigenvalue weighted by molar-refractivity contribution is 6.31. The van der Waals surface area contributed by atoms with E-state index in [0.717, 1.165) is 56.7 Å². The van der Waals surface area contributed by atoms with E-state index >= 15 is 0 Å². The van der Waals surface area contributed by atoms with Gasteiger partial charge in [0.25, 0.3) is 0 Å². The van der Waals surface area contributed by atoms with E-state index in [-0.39, 0.29) is 69.4 Å². The van der Waals surface area contributed by atoms with Gasteiger partial charge in [0.1, 0.15) is 23.3 Å². The van der Waals surface area contributed by atoms with Gasteiger partial charge < -0.3 is 20.9 Å². The van der Waals surface area contributed by atoms with Gasteiger partial charge in [-0.15, -0.1) is 0 Å². The van der Waals surface area contributed by atoms with Gasteiger partial charge in [0.15, 0.2) is 11.6 Å². The molecule has 5 amide bonds. The molecule has 0 unspecified atom stereocenters. The average molecular weight is 940 g/mol. The lowest BCUT2D eigenvalue weighted by Crippen LogP contribution is -2.45. The van der Waals surface area contributed by atoms with Crippen LogP contribution in [-0.4, -0.2) is 84.8 Å². The van der Waals surface area contributed by atoms with Gasteiger partial charge in [-0.1, -0.05) is 47.5 Å². The first kappa shape index (κ1) is 49.3. The maximum absolute atomic E-state index is 14.9. The molecule has 0 radical (unpaired) electrons. The van der Waals surface area contributed by atoms with Crippen LogP contribution in [0.4, 0.5) is 51.7 Å². The summed E-state index contributed by atoms with van der Waals surface area (Å²) in [7, 11) is 0. The molecule has 4 aromatic rings. The molecular weight excluding hydrogens is 896 g/mol. The molecule has 6 rings (SSSR count). The predicted molar refractivity (Wildman–Crippen MR) is 226 cm³/mol. The lowest BCUT2D eigenvalue weighted by atomic mass is 10.1. The minimum Gasteiger partial charge on any atom is -0.341 e. The van der Waals surface area contributed by atoms with Crippen LogP contribution in [0.5, 0.6) is 0 Å². The smallest absolute Gasteiger partial charge is 0.341 e. The molecule has 0 aliphatic carbocycles. The number of ketones is 2. The Hall–Kier alpha value is -5.72. The van der Waals surface area contributed by atoms with Crippen molar-refractivity contribution in [1.29, 1.82) is 0 Å². The fraction of sp³-hybridized carbons (Fsp3) is 0.341. The minimum atomic E-state index is -5.15. The molecule has 0 spiro atoms. The van der Waals surface area contributed by atoms with E-state index in [2.05, 4.69) is 0 Å². The normalized spacial score (nSPS) is 14.0. The van der Waals surface area contributed by atoms with E-state index in [1.807, 2.05) is 0 Å². The van der Waals surface area contributed by atoms with Crippen LogP contribution >= 0.6 is 23.2 Å². The van der Waals surface area contributed by atoms with Crippen molar-refractivity contribution >= 4 is 64.1 Å². The number of piperidine rings is 2. The van der Waals surface area contributed by atoms with Crippen LogP contribution in [0.25, 0.3) is 0 Å². The van der Waals surface area contributed by atoms with Crippen molar-refractivity contribution in [2.45, 2.75) is 57.8 Å². The maximum Gasteiger partial charge on any atom is 0.471 e. The summed E-state index contributed by atoms with van der Waals surface area (Å²) in [6.45, 7) is 0.681. The topological polar surface area (TPSA) is 136 Å². The molecule has 2 aliphatic heterocycles. The van der Waals surface area contributed by atoms with E-state index < -0.39 is 53.7 Å². The highest BCUT2D eigenvalue weighted by atomic mass is 35.5. The predicted octanol–water partition coefficient (Wildman–Crippen LogP) is 9.46. The third-order valence-electron chi connectivity index (χ3n) is 10.4. The van der Waals surface area contributed by atoms with Gasteiger partial charge in [0, 0.05) is 59.8 Å². The molecule has 64 heavy (non-hydrogen) atoms. The Bertz CT molecular complexity index is 2360. The van der Waals surface area contributed by atoms with Crippen LogP contribution in [0.2, 0.25) is 10.0 Å². The summed E-state index contributed by atoms with van der Waals surface area (Å²) in [4.78, 5) is 67.0. The molecule has 0 saturated carbocycles. The van der Waals surface area contributed by atoms with Crippen LogP contribution in [0.1, 0.15) is 70.4 Å². The van der Waals surface area contributed by atoms with Gasteiger partial charge in [-0.25, -0.2) is 27.2 Å². The number of urea groups is 2. The SMILES string of the molecule is NCC(=O)c1ccc(CN(C(=O)N2CCCCC2)c2ccc(F)c(Cl)c2)c(F)c1.O=C(CNC(=O)C(F)(F)F)c1ccc(CN(C(=O)N2CCCCC2)c2ccc(F)c(Cl)c2)c(F)c1. The molecule has 2 saturated heterocycles. The van der Waals surface area contributed by atoms with E-state index in [4.69, 9.17) is 28.9 Å². The molecule has 2 heterocycles. The van der Waals surface area contributed by atoms with Gasteiger partial charge in [0.2, 0.25) is 0 Å². The molecule has 0 bridgehead atoms. The second-order valence-corrected chi connectivity index (χ2v) is 15.7. The summed E-state index contributed by atoms with van der Waals surface area (Å²) in [6.07, 6.45) is 0.279. The number of hydrogen-bond acceptors (Lipinski definition) is 6. The summed E-state index contributed by atoms with van der Waals surface area (Å²) in [6, 6.07) is 14.2. The van der Waals surface area contributed by atoms with E-state index in [0.29, 0.717) is 31.9 Å². The summed E-state index contributed by atoms with van der Waals surface area (Å²) in [5.41, 5.74) is 6.08. The molecule has 3 N–H and O–H groups in total. The van der Waals surface area contributed by atoms with Gasteiger partial charge in [0.05, 0.1) is 36.2 Å². The number of rotatable bonds is 11. The Labute approximate surface area is 373 Å². The fourth-order valence-corrected chi connectivity index (χ4v) is 7.23. The largest absolute Gasteiger partial charge is 0.471 e. The van der Waals surface area contributed by atoms with Crippen molar-refractivity contribution in [3.63, 3.8) is 0 Å². The number of nitrogens with two attached hydrogens (primary N) is 1. The van der Waals surface area contributed by atoms with Gasteiger partial charge in [-0.05, 0) is 87.1 Å². The fourth-order valence-electron chi connectivity index (χ4n) is 6.88. The summed E-state index contributed by atoms with van der Waals surface area (Å²) >= 11 is 11.8. The summed E-state index contributed by atoms with van der Waals surface area (Å²) in [5.74, 6) is -6.38. The quantitative estimate of drug-likeness (QED) is 0.114. The maximum atomic E-state index is 14.9. The molecule has 4 aromatic carbocycles.